The number of halogens is 3. The second-order valence-electron chi connectivity index (χ2n) is 4.35. The van der Waals surface area contributed by atoms with Crippen LogP contribution in [0.25, 0.3) is 0 Å². The van der Waals surface area contributed by atoms with E-state index in [1.54, 1.807) is 4.90 Å². The van der Waals surface area contributed by atoms with Crippen molar-refractivity contribution in [1.82, 2.24) is 9.88 Å². The number of nitrogens with zero attached hydrogens (tertiary/aromatic N) is 2. The number of hydrogen-bond acceptors (Lipinski definition) is 3. The van der Waals surface area contributed by atoms with Gasteiger partial charge in [0.25, 0.3) is 0 Å². The number of aromatic nitrogens is 1. The zero-order valence-electron chi connectivity index (χ0n) is 9.83. The first kappa shape index (κ1) is 13.3. The van der Waals surface area contributed by atoms with Gasteiger partial charge in [0.1, 0.15) is 0 Å². The van der Waals surface area contributed by atoms with E-state index in [4.69, 9.17) is 0 Å². The van der Waals surface area contributed by atoms with Gasteiger partial charge in [0.05, 0.1) is 5.01 Å². The van der Waals surface area contributed by atoms with Gasteiger partial charge in [-0.25, -0.2) is 4.98 Å². The summed E-state index contributed by atoms with van der Waals surface area (Å²) >= 11 is 1.06. The van der Waals surface area contributed by atoms with Gasteiger partial charge in [0, 0.05) is 31.3 Å². The highest BCUT2D eigenvalue weighted by Crippen LogP contribution is 2.35. The van der Waals surface area contributed by atoms with Gasteiger partial charge in [-0.15, -0.1) is 11.3 Å². The smallest absolute Gasteiger partial charge is 0.343 e. The van der Waals surface area contributed by atoms with Gasteiger partial charge < -0.3 is 4.90 Å². The van der Waals surface area contributed by atoms with Crippen LogP contribution in [0.3, 0.4) is 0 Å². The van der Waals surface area contributed by atoms with E-state index in [1.165, 1.54) is 6.92 Å². The van der Waals surface area contributed by atoms with Crippen molar-refractivity contribution in [2.24, 2.45) is 0 Å². The summed E-state index contributed by atoms with van der Waals surface area (Å²) in [7, 11) is 0. The summed E-state index contributed by atoms with van der Waals surface area (Å²) in [4.78, 5) is 16.5. The highest BCUT2D eigenvalue weighted by atomic mass is 32.1. The van der Waals surface area contributed by atoms with E-state index >= 15 is 0 Å². The fraction of sp³-hybridized carbons (Fsp3) is 0.636. The van der Waals surface area contributed by atoms with E-state index in [-0.39, 0.29) is 11.8 Å². The van der Waals surface area contributed by atoms with Crippen LogP contribution in [0.4, 0.5) is 13.2 Å². The maximum atomic E-state index is 12.4. The average molecular weight is 278 g/mol. The fourth-order valence-corrected chi connectivity index (χ4v) is 3.04. The van der Waals surface area contributed by atoms with Gasteiger partial charge >= 0.3 is 6.18 Å². The van der Waals surface area contributed by atoms with Crippen molar-refractivity contribution in [1.29, 1.82) is 0 Å². The molecular weight excluding hydrogens is 265 g/mol. The number of rotatable bonds is 1. The number of carbonyl (C=O) groups is 1. The third-order valence-electron chi connectivity index (χ3n) is 3.10. The van der Waals surface area contributed by atoms with Crippen LogP contribution in [0.2, 0.25) is 0 Å². The molecule has 3 nitrogen and oxygen atoms in total. The van der Waals surface area contributed by atoms with Crippen molar-refractivity contribution in [2.75, 3.05) is 13.1 Å². The predicted molar refractivity (Wildman–Crippen MR) is 61.3 cm³/mol. The molecule has 0 atom stereocenters. The minimum atomic E-state index is -4.37. The quantitative estimate of drug-likeness (QED) is 0.791. The lowest BCUT2D eigenvalue weighted by atomic mass is 9.97. The standard InChI is InChI=1S/C11H13F3N2OS/c1-7(17)16-4-2-8(3-5-16)10-15-9(6-18-10)11(12,13)14/h6,8H,2-5H2,1H3. The Morgan fingerprint density at radius 1 is 1.44 bits per heavy atom. The highest BCUT2D eigenvalue weighted by Gasteiger charge is 2.35. The molecule has 0 aromatic carbocycles. The van der Waals surface area contributed by atoms with Gasteiger partial charge in [-0.05, 0) is 12.8 Å². The Morgan fingerprint density at radius 3 is 2.50 bits per heavy atom. The number of carbonyl (C=O) groups excluding carboxylic acids is 1. The summed E-state index contributed by atoms with van der Waals surface area (Å²) in [6.45, 7) is 2.70. The van der Waals surface area contributed by atoms with Crippen LogP contribution in [0.1, 0.15) is 36.4 Å². The topological polar surface area (TPSA) is 33.2 Å². The van der Waals surface area contributed by atoms with Crippen molar-refractivity contribution in [3.8, 4) is 0 Å². The van der Waals surface area contributed by atoms with E-state index in [2.05, 4.69) is 4.98 Å². The summed E-state index contributed by atoms with van der Waals surface area (Å²) in [5.41, 5.74) is -0.809. The molecule has 1 amide bonds. The number of amides is 1. The molecular formula is C11H13F3N2OS. The Morgan fingerprint density at radius 2 is 2.06 bits per heavy atom. The molecule has 7 heteroatoms. The molecule has 0 unspecified atom stereocenters. The predicted octanol–water partition coefficient (Wildman–Crippen LogP) is 2.89. The molecule has 1 aromatic heterocycles. The molecule has 18 heavy (non-hydrogen) atoms. The Bertz CT molecular complexity index is 436. The van der Waals surface area contributed by atoms with Gasteiger partial charge in [-0.2, -0.15) is 13.2 Å². The highest BCUT2D eigenvalue weighted by molar-refractivity contribution is 7.09. The van der Waals surface area contributed by atoms with E-state index in [0.717, 1.165) is 16.7 Å². The summed E-state index contributed by atoms with van der Waals surface area (Å²) < 4.78 is 37.3. The van der Waals surface area contributed by atoms with Gasteiger partial charge in [-0.1, -0.05) is 0 Å². The molecule has 0 aliphatic carbocycles. The summed E-state index contributed by atoms with van der Waals surface area (Å²) in [5, 5.41) is 1.60. The van der Waals surface area contributed by atoms with Crippen LogP contribution < -0.4 is 0 Å². The van der Waals surface area contributed by atoms with Crippen LogP contribution in [0.15, 0.2) is 5.38 Å². The Kier molecular flexibility index (Phi) is 3.61. The fourth-order valence-electron chi connectivity index (χ4n) is 2.05. The summed E-state index contributed by atoms with van der Waals surface area (Å²) in [6.07, 6.45) is -3.00. The largest absolute Gasteiger partial charge is 0.434 e. The molecule has 0 spiro atoms. The number of hydrogen-bond donors (Lipinski definition) is 0. The molecule has 100 valence electrons. The zero-order valence-corrected chi connectivity index (χ0v) is 10.6. The van der Waals surface area contributed by atoms with Crippen molar-refractivity contribution >= 4 is 17.2 Å². The lowest BCUT2D eigenvalue weighted by molar-refractivity contribution is -0.140. The first-order valence-corrected chi connectivity index (χ1v) is 6.54. The molecule has 0 radical (unpaired) electrons. The SMILES string of the molecule is CC(=O)N1CCC(c2nc(C(F)(F)F)cs2)CC1. The Balaban J connectivity index is 2.02. The van der Waals surface area contributed by atoms with Crippen LogP contribution >= 0.6 is 11.3 Å². The molecule has 1 aromatic rings. The minimum Gasteiger partial charge on any atom is -0.343 e. The van der Waals surface area contributed by atoms with Crippen LogP contribution in [0.5, 0.6) is 0 Å². The maximum absolute atomic E-state index is 12.4. The first-order chi connectivity index (χ1) is 8.38. The summed E-state index contributed by atoms with van der Waals surface area (Å²) in [5.74, 6) is 0.0604. The molecule has 2 rings (SSSR count). The number of thiazole rings is 1. The van der Waals surface area contributed by atoms with Gasteiger partial charge in [-0.3, -0.25) is 4.79 Å². The van der Waals surface area contributed by atoms with E-state index in [1.807, 2.05) is 0 Å². The maximum Gasteiger partial charge on any atom is 0.434 e. The van der Waals surface area contributed by atoms with E-state index in [9.17, 15) is 18.0 Å². The second kappa shape index (κ2) is 4.87. The lowest BCUT2D eigenvalue weighted by Gasteiger charge is -2.30. The van der Waals surface area contributed by atoms with Crippen molar-refractivity contribution in [3.05, 3.63) is 16.1 Å². The molecule has 1 fully saturated rings. The zero-order chi connectivity index (χ0) is 13.3. The third-order valence-corrected chi connectivity index (χ3v) is 4.11. The number of piperidine rings is 1. The van der Waals surface area contributed by atoms with Crippen LogP contribution in [-0.2, 0) is 11.0 Å². The normalized spacial score (nSPS) is 18.1. The first-order valence-electron chi connectivity index (χ1n) is 5.66. The number of likely N-dealkylation sites (tertiary alicyclic amines) is 1. The Labute approximate surface area is 107 Å². The molecule has 0 bridgehead atoms. The third kappa shape index (κ3) is 2.82. The average Bonchev–Trinajstić information content (AvgIpc) is 2.78. The summed E-state index contributed by atoms with van der Waals surface area (Å²) in [6, 6.07) is 0. The van der Waals surface area contributed by atoms with Crippen molar-refractivity contribution < 1.29 is 18.0 Å². The van der Waals surface area contributed by atoms with Crippen LogP contribution in [0, 0.1) is 0 Å². The van der Waals surface area contributed by atoms with Crippen LogP contribution in [-0.4, -0.2) is 28.9 Å². The molecule has 2 heterocycles. The van der Waals surface area contributed by atoms with Gasteiger partial charge in [0.2, 0.25) is 5.91 Å². The Hall–Kier alpha value is -1.11. The molecule has 1 aliphatic heterocycles. The molecule has 1 aliphatic rings. The van der Waals surface area contributed by atoms with E-state index < -0.39 is 11.9 Å². The monoisotopic (exact) mass is 278 g/mol. The minimum absolute atomic E-state index is 0.0172. The van der Waals surface area contributed by atoms with Crippen molar-refractivity contribution in [3.63, 3.8) is 0 Å². The van der Waals surface area contributed by atoms with Crippen molar-refractivity contribution in [2.45, 2.75) is 31.9 Å². The lowest BCUT2D eigenvalue weighted by Crippen LogP contribution is -2.36. The van der Waals surface area contributed by atoms with Gasteiger partial charge in [0.15, 0.2) is 5.69 Å². The second-order valence-corrected chi connectivity index (χ2v) is 5.24. The molecule has 0 saturated carbocycles. The number of alkyl halides is 3. The molecule has 1 saturated heterocycles. The molecule has 0 N–H and O–H groups in total. The van der Waals surface area contributed by atoms with E-state index in [0.29, 0.717) is 30.9 Å².